The molecule has 0 aliphatic heterocycles. The monoisotopic (exact) mass is 393 g/mol. The van der Waals surface area contributed by atoms with Crippen LogP contribution in [0.3, 0.4) is 0 Å². The van der Waals surface area contributed by atoms with Crippen molar-refractivity contribution in [1.29, 1.82) is 0 Å². The van der Waals surface area contributed by atoms with Gasteiger partial charge in [0, 0.05) is 23.8 Å². The lowest BCUT2D eigenvalue weighted by molar-refractivity contribution is 0.0995. The second-order valence-corrected chi connectivity index (χ2v) is 7.03. The molecule has 1 aliphatic carbocycles. The molecule has 0 spiro atoms. The van der Waals surface area contributed by atoms with Gasteiger partial charge in [0.25, 0.3) is 5.91 Å². The van der Waals surface area contributed by atoms with Crippen molar-refractivity contribution in [2.45, 2.75) is 37.4 Å². The minimum Gasteiger partial charge on any atom is -0.381 e. The highest BCUT2D eigenvalue weighted by Crippen LogP contribution is 2.24. The molecule has 0 bridgehead atoms. The largest absolute Gasteiger partial charge is 0.381 e. The van der Waals surface area contributed by atoms with Crippen LogP contribution < -0.4 is 22.1 Å². The van der Waals surface area contributed by atoms with Gasteiger partial charge in [-0.15, -0.1) is 0 Å². The van der Waals surface area contributed by atoms with Crippen molar-refractivity contribution in [3.8, 4) is 5.69 Å². The Morgan fingerprint density at radius 2 is 1.83 bits per heavy atom. The first kappa shape index (κ1) is 18.8. The molecule has 0 radical (unpaired) electrons. The molecule has 2 aromatic heterocycles. The third-order valence-corrected chi connectivity index (χ3v) is 5.04. The van der Waals surface area contributed by atoms with Gasteiger partial charge in [-0.1, -0.05) is 6.07 Å². The molecular weight excluding hydrogens is 370 g/mol. The van der Waals surface area contributed by atoms with E-state index >= 15 is 0 Å². The molecule has 1 amide bonds. The van der Waals surface area contributed by atoms with Crippen LogP contribution in [-0.2, 0) is 0 Å². The highest BCUT2D eigenvalue weighted by atomic mass is 16.1. The summed E-state index contributed by atoms with van der Waals surface area (Å²) in [5.74, 6) is -0.0296. The van der Waals surface area contributed by atoms with E-state index in [1.165, 1.54) is 12.4 Å². The van der Waals surface area contributed by atoms with Gasteiger partial charge in [0.1, 0.15) is 11.5 Å². The number of nitrogens with zero attached hydrogens (tertiary/aromatic N) is 5. The predicted molar refractivity (Wildman–Crippen MR) is 109 cm³/mol. The number of primary amides is 1. The van der Waals surface area contributed by atoms with Crippen molar-refractivity contribution >= 4 is 17.4 Å². The zero-order valence-corrected chi connectivity index (χ0v) is 15.8. The molecule has 10 nitrogen and oxygen atoms in total. The topological polar surface area (TPSA) is 150 Å². The molecule has 10 heteroatoms. The Balaban J connectivity index is 1.43. The number of aromatic nitrogens is 5. The number of hydrogen-bond acceptors (Lipinski definition) is 8. The number of benzene rings is 1. The van der Waals surface area contributed by atoms with Gasteiger partial charge >= 0.3 is 0 Å². The summed E-state index contributed by atoms with van der Waals surface area (Å²) < 4.78 is 0. The van der Waals surface area contributed by atoms with E-state index in [-0.39, 0.29) is 23.8 Å². The fourth-order valence-electron chi connectivity index (χ4n) is 3.56. The summed E-state index contributed by atoms with van der Waals surface area (Å²) in [5.41, 5.74) is 13.7. The number of anilines is 2. The molecule has 0 saturated heterocycles. The van der Waals surface area contributed by atoms with E-state index in [2.05, 4.69) is 30.8 Å². The molecule has 3 atom stereocenters. The molecule has 1 saturated carbocycles. The van der Waals surface area contributed by atoms with Crippen molar-refractivity contribution in [3.05, 3.63) is 54.7 Å². The second-order valence-electron chi connectivity index (χ2n) is 7.03. The van der Waals surface area contributed by atoms with E-state index in [1.807, 2.05) is 24.3 Å². The quantitative estimate of drug-likeness (QED) is 0.483. The molecule has 29 heavy (non-hydrogen) atoms. The third-order valence-electron chi connectivity index (χ3n) is 5.04. The van der Waals surface area contributed by atoms with Crippen LogP contribution in [0.1, 0.15) is 29.8 Å². The Bertz CT molecular complexity index is 958. The highest BCUT2D eigenvalue weighted by Gasteiger charge is 2.30. The van der Waals surface area contributed by atoms with Crippen molar-refractivity contribution in [3.63, 3.8) is 0 Å². The molecule has 1 fully saturated rings. The van der Waals surface area contributed by atoms with Crippen LogP contribution in [0.2, 0.25) is 0 Å². The summed E-state index contributed by atoms with van der Waals surface area (Å²) in [6.45, 7) is 0. The lowest BCUT2D eigenvalue weighted by Crippen LogP contribution is -2.54. The highest BCUT2D eigenvalue weighted by molar-refractivity contribution is 5.90. The molecule has 3 unspecified atom stereocenters. The second kappa shape index (κ2) is 8.23. The molecule has 3 aromatic rings. The van der Waals surface area contributed by atoms with Crippen LogP contribution >= 0.6 is 0 Å². The van der Waals surface area contributed by atoms with Crippen molar-refractivity contribution in [2.75, 3.05) is 10.6 Å². The van der Waals surface area contributed by atoms with Gasteiger partial charge in [0.2, 0.25) is 0 Å². The minimum absolute atomic E-state index is 0.0333. The van der Waals surface area contributed by atoms with E-state index in [1.54, 1.807) is 17.2 Å². The maximum Gasteiger partial charge on any atom is 0.268 e. The van der Waals surface area contributed by atoms with Gasteiger partial charge in [0.05, 0.1) is 30.5 Å². The minimum atomic E-state index is -0.602. The first-order valence-corrected chi connectivity index (χ1v) is 9.47. The maximum absolute atomic E-state index is 11.1. The Hall–Kier alpha value is -3.53. The third kappa shape index (κ3) is 4.32. The number of rotatable bonds is 6. The van der Waals surface area contributed by atoms with Gasteiger partial charge in [-0.25, -0.2) is 9.97 Å². The average Bonchev–Trinajstić information content (AvgIpc) is 3.27. The zero-order valence-electron chi connectivity index (χ0n) is 15.8. The fourth-order valence-corrected chi connectivity index (χ4v) is 3.56. The number of carbonyl (C=O) groups is 1. The lowest BCUT2D eigenvalue weighted by Gasteiger charge is -2.37. The average molecular weight is 393 g/mol. The summed E-state index contributed by atoms with van der Waals surface area (Å²) in [7, 11) is 0. The summed E-state index contributed by atoms with van der Waals surface area (Å²) in [5, 5.41) is 15.2. The Morgan fingerprint density at radius 3 is 2.52 bits per heavy atom. The van der Waals surface area contributed by atoms with Crippen LogP contribution in [0.5, 0.6) is 0 Å². The predicted octanol–water partition coefficient (Wildman–Crippen LogP) is 0.929. The SMILES string of the molecule is NC(=O)c1cnc(NC2CCCC(Nc3cccc(-n4nccn4)c3)C2N)cn1. The normalized spacial score (nSPS) is 21.5. The van der Waals surface area contributed by atoms with Gasteiger partial charge < -0.3 is 22.1 Å². The van der Waals surface area contributed by atoms with E-state index in [0.717, 1.165) is 30.6 Å². The molecule has 1 aliphatic rings. The zero-order chi connectivity index (χ0) is 20.2. The summed E-state index contributed by atoms with van der Waals surface area (Å²) in [6.07, 6.45) is 9.08. The standard InChI is InChI=1S/C19H23N9O/c20-18-14(26-12-3-1-4-13(9-12)28-24-7-8-25-28)5-2-6-15(18)27-17-11-22-16(10-23-17)19(21)29/h1,3-4,7-11,14-15,18,26H,2,5-6,20H2,(H2,21,29)(H,23,27). The van der Waals surface area contributed by atoms with Crippen LogP contribution in [0.25, 0.3) is 5.69 Å². The van der Waals surface area contributed by atoms with Gasteiger partial charge in [0.15, 0.2) is 0 Å². The van der Waals surface area contributed by atoms with Gasteiger partial charge in [-0.2, -0.15) is 15.0 Å². The first-order valence-electron chi connectivity index (χ1n) is 9.47. The molecule has 1 aromatic carbocycles. The number of nitrogens with two attached hydrogens (primary N) is 2. The maximum atomic E-state index is 11.1. The van der Waals surface area contributed by atoms with Crippen molar-refractivity contribution in [1.82, 2.24) is 25.0 Å². The molecule has 150 valence electrons. The number of hydrogen-bond donors (Lipinski definition) is 4. The van der Waals surface area contributed by atoms with E-state index < -0.39 is 5.91 Å². The molecule has 6 N–H and O–H groups in total. The molecule has 4 rings (SSSR count). The Kier molecular flexibility index (Phi) is 5.34. The van der Waals surface area contributed by atoms with E-state index in [4.69, 9.17) is 11.5 Å². The van der Waals surface area contributed by atoms with E-state index in [9.17, 15) is 4.79 Å². The van der Waals surface area contributed by atoms with Gasteiger partial charge in [-0.05, 0) is 37.5 Å². The molecule has 2 heterocycles. The van der Waals surface area contributed by atoms with E-state index in [0.29, 0.717) is 5.82 Å². The Labute approximate surface area is 167 Å². The fraction of sp³-hybridized carbons (Fsp3) is 0.316. The van der Waals surface area contributed by atoms with Crippen molar-refractivity contribution < 1.29 is 4.79 Å². The number of amides is 1. The van der Waals surface area contributed by atoms with Crippen LogP contribution in [0.4, 0.5) is 11.5 Å². The summed E-state index contributed by atoms with van der Waals surface area (Å²) in [6, 6.07) is 7.91. The van der Waals surface area contributed by atoms with Crippen LogP contribution in [0.15, 0.2) is 49.1 Å². The Morgan fingerprint density at radius 1 is 1.07 bits per heavy atom. The van der Waals surface area contributed by atoms with Crippen LogP contribution in [-0.4, -0.2) is 49.0 Å². The first-order chi connectivity index (χ1) is 14.1. The summed E-state index contributed by atoms with van der Waals surface area (Å²) >= 11 is 0. The number of carbonyl (C=O) groups excluding carboxylic acids is 1. The number of nitrogens with one attached hydrogen (secondary N) is 2. The van der Waals surface area contributed by atoms with Crippen molar-refractivity contribution in [2.24, 2.45) is 11.5 Å². The molecular formula is C19H23N9O. The summed E-state index contributed by atoms with van der Waals surface area (Å²) in [4.78, 5) is 20.9. The lowest BCUT2D eigenvalue weighted by atomic mass is 9.86. The van der Waals surface area contributed by atoms with Crippen LogP contribution in [0, 0.1) is 0 Å². The van der Waals surface area contributed by atoms with Gasteiger partial charge in [-0.3, -0.25) is 4.79 Å². The smallest absolute Gasteiger partial charge is 0.268 e.